The molecule has 3 rings (SSSR count). The molecule has 1 aliphatic rings. The molecule has 5 nitrogen and oxygen atoms in total. The highest BCUT2D eigenvalue weighted by Gasteiger charge is 2.24. The van der Waals surface area contributed by atoms with E-state index < -0.39 is 0 Å². The average molecular weight is 429 g/mol. The normalized spacial score (nSPS) is 16.3. The fourth-order valence-electron chi connectivity index (χ4n) is 4.07. The Kier molecular flexibility index (Phi) is 8.11. The van der Waals surface area contributed by atoms with Crippen LogP contribution in [0.25, 0.3) is 0 Å². The first kappa shape index (κ1) is 22.6. The Labute approximate surface area is 185 Å². The van der Waals surface area contributed by atoms with Crippen molar-refractivity contribution in [2.45, 2.75) is 52.5 Å². The first-order valence-electron chi connectivity index (χ1n) is 10.9. The summed E-state index contributed by atoms with van der Waals surface area (Å²) in [5, 5.41) is 7.93. The van der Waals surface area contributed by atoms with E-state index in [9.17, 15) is 4.79 Å². The van der Waals surface area contributed by atoms with Crippen molar-refractivity contribution in [3.05, 3.63) is 58.8 Å². The van der Waals surface area contributed by atoms with Crippen molar-refractivity contribution in [2.24, 2.45) is 5.92 Å². The fraction of sp³-hybridized carbons (Fsp3) is 0.500. The number of anilines is 1. The molecule has 1 aromatic heterocycles. The summed E-state index contributed by atoms with van der Waals surface area (Å²) in [5.41, 5.74) is 1.88. The van der Waals surface area contributed by atoms with Gasteiger partial charge in [0.05, 0.1) is 22.8 Å². The molecule has 0 saturated carbocycles. The topological polar surface area (TPSA) is 50.2 Å². The molecule has 30 heavy (non-hydrogen) atoms. The third kappa shape index (κ3) is 6.19. The molecule has 0 spiro atoms. The van der Waals surface area contributed by atoms with Crippen LogP contribution in [0.2, 0.25) is 5.02 Å². The minimum absolute atomic E-state index is 0.204. The van der Waals surface area contributed by atoms with E-state index in [0.29, 0.717) is 22.5 Å². The molecule has 1 aliphatic heterocycles. The van der Waals surface area contributed by atoms with Gasteiger partial charge in [0.2, 0.25) is 0 Å². The van der Waals surface area contributed by atoms with Crippen LogP contribution in [0.4, 0.5) is 5.82 Å². The largest absolute Gasteiger partial charge is 0.307 e. The molecule has 1 fully saturated rings. The Hall–Kier alpha value is -2.11. The lowest BCUT2D eigenvalue weighted by Crippen LogP contribution is -2.37. The van der Waals surface area contributed by atoms with E-state index in [2.05, 4.69) is 42.2 Å². The van der Waals surface area contributed by atoms with E-state index in [-0.39, 0.29) is 5.91 Å². The van der Waals surface area contributed by atoms with Crippen molar-refractivity contribution in [3.63, 3.8) is 0 Å². The first-order chi connectivity index (χ1) is 14.4. The molecule has 1 saturated heterocycles. The highest BCUT2D eigenvalue weighted by Crippen LogP contribution is 2.27. The zero-order chi connectivity index (χ0) is 21.5. The number of aromatic nitrogens is 2. The molecule has 162 valence electrons. The highest BCUT2D eigenvalue weighted by atomic mass is 35.5. The van der Waals surface area contributed by atoms with Gasteiger partial charge in [-0.05, 0) is 57.6 Å². The van der Waals surface area contributed by atoms with Crippen LogP contribution in [0.3, 0.4) is 0 Å². The summed E-state index contributed by atoms with van der Waals surface area (Å²) >= 11 is 6.16. The summed E-state index contributed by atoms with van der Waals surface area (Å²) in [4.78, 5) is 15.2. The zero-order valence-electron chi connectivity index (χ0n) is 18.3. The number of piperidine rings is 1. The Balaban J connectivity index is 1.52. The molecule has 2 heterocycles. The highest BCUT2D eigenvalue weighted by molar-refractivity contribution is 6.34. The predicted octanol–water partition coefficient (Wildman–Crippen LogP) is 5.81. The molecule has 0 unspecified atom stereocenters. The number of nitrogens with zero attached hydrogens (tertiary/aromatic N) is 3. The maximum Gasteiger partial charge on any atom is 0.258 e. The fourth-order valence-corrected chi connectivity index (χ4v) is 4.29. The van der Waals surface area contributed by atoms with Gasteiger partial charge in [-0.2, -0.15) is 5.10 Å². The number of amides is 1. The second-order valence-corrected chi connectivity index (χ2v) is 9.00. The predicted molar refractivity (Wildman–Crippen MR) is 124 cm³/mol. The molecule has 1 aromatic carbocycles. The summed E-state index contributed by atoms with van der Waals surface area (Å²) in [6.45, 7) is 9.95. The Bertz CT molecular complexity index is 864. The number of carbonyl (C=O) groups is 1. The number of allylic oxidation sites excluding steroid dienone is 2. The van der Waals surface area contributed by atoms with Gasteiger partial charge in [-0.1, -0.05) is 42.3 Å². The first-order valence-corrected chi connectivity index (χ1v) is 11.3. The number of rotatable bonds is 8. The van der Waals surface area contributed by atoms with E-state index in [1.807, 2.05) is 22.9 Å². The Morgan fingerprint density at radius 2 is 2.00 bits per heavy atom. The van der Waals surface area contributed by atoms with Gasteiger partial charge < -0.3 is 10.2 Å². The molecule has 0 aliphatic carbocycles. The maximum atomic E-state index is 12.6. The second kappa shape index (κ2) is 10.8. The lowest BCUT2D eigenvalue weighted by molar-refractivity contribution is 0.102. The lowest BCUT2D eigenvalue weighted by Gasteiger charge is -2.34. The number of benzene rings is 1. The minimum Gasteiger partial charge on any atom is -0.307 e. The average Bonchev–Trinajstić information content (AvgIpc) is 3.16. The van der Waals surface area contributed by atoms with E-state index in [0.717, 1.165) is 38.3 Å². The summed E-state index contributed by atoms with van der Waals surface area (Å²) in [6, 6.07) is 9.25. The number of halogens is 1. The lowest BCUT2D eigenvalue weighted by atomic mass is 10.0. The Morgan fingerprint density at radius 1 is 1.27 bits per heavy atom. The number of hydrogen-bond donors (Lipinski definition) is 1. The number of hydrogen-bond acceptors (Lipinski definition) is 3. The van der Waals surface area contributed by atoms with Crippen LogP contribution >= 0.6 is 11.6 Å². The van der Waals surface area contributed by atoms with Gasteiger partial charge in [-0.3, -0.25) is 4.79 Å². The number of likely N-dealkylation sites (tertiary alicyclic amines) is 1. The van der Waals surface area contributed by atoms with Gasteiger partial charge >= 0.3 is 0 Å². The summed E-state index contributed by atoms with van der Waals surface area (Å²) < 4.78 is 1.96. The second-order valence-electron chi connectivity index (χ2n) is 8.59. The van der Waals surface area contributed by atoms with Crippen LogP contribution < -0.4 is 5.32 Å². The summed E-state index contributed by atoms with van der Waals surface area (Å²) in [7, 11) is 0. The summed E-state index contributed by atoms with van der Waals surface area (Å²) in [5.74, 6) is 1.23. The molecular formula is C24H33ClN4O. The van der Waals surface area contributed by atoms with Crippen LogP contribution in [0.1, 0.15) is 62.9 Å². The Morgan fingerprint density at radius 3 is 2.70 bits per heavy atom. The van der Waals surface area contributed by atoms with E-state index in [1.54, 1.807) is 18.3 Å². The van der Waals surface area contributed by atoms with Crippen LogP contribution in [-0.4, -0.2) is 40.2 Å². The van der Waals surface area contributed by atoms with Crippen molar-refractivity contribution < 1.29 is 4.79 Å². The molecule has 1 amide bonds. The molecule has 2 aromatic rings. The number of carbonyl (C=O) groups excluding carboxylic acids is 1. The van der Waals surface area contributed by atoms with Crippen LogP contribution in [0, 0.1) is 5.92 Å². The monoisotopic (exact) mass is 428 g/mol. The van der Waals surface area contributed by atoms with Crippen LogP contribution in [0.15, 0.2) is 48.2 Å². The zero-order valence-corrected chi connectivity index (χ0v) is 19.0. The molecule has 1 atom stereocenters. The van der Waals surface area contributed by atoms with Gasteiger partial charge in [0.15, 0.2) is 0 Å². The van der Waals surface area contributed by atoms with Crippen molar-refractivity contribution in [1.29, 1.82) is 0 Å². The standard InChI is InChI=1S/C24H33ClN4O/c1-18(2)7-6-8-19(3)17-28-15-12-20(13-16-28)29-23(11-14-26-29)27-24(30)21-9-4-5-10-22(21)25/h4-5,7,9-11,14,19-20H,6,8,12-13,15-17H2,1-3H3,(H,27,30)/t19-/m0/s1. The molecular weight excluding hydrogens is 396 g/mol. The third-order valence-electron chi connectivity index (χ3n) is 5.72. The molecule has 0 bridgehead atoms. The molecule has 1 N–H and O–H groups in total. The number of nitrogens with one attached hydrogen (secondary N) is 1. The maximum absolute atomic E-state index is 12.6. The van der Waals surface area contributed by atoms with E-state index in [4.69, 9.17) is 11.6 Å². The molecule has 6 heteroatoms. The van der Waals surface area contributed by atoms with E-state index >= 15 is 0 Å². The van der Waals surface area contributed by atoms with E-state index in [1.165, 1.54) is 18.4 Å². The van der Waals surface area contributed by atoms with Crippen LogP contribution in [0.5, 0.6) is 0 Å². The third-order valence-corrected chi connectivity index (χ3v) is 6.04. The quantitative estimate of drug-likeness (QED) is 0.540. The van der Waals surface area contributed by atoms with Crippen LogP contribution in [-0.2, 0) is 0 Å². The van der Waals surface area contributed by atoms with Gasteiger partial charge in [0, 0.05) is 25.7 Å². The van der Waals surface area contributed by atoms with Gasteiger partial charge in [0.1, 0.15) is 5.82 Å². The molecule has 0 radical (unpaired) electrons. The van der Waals surface area contributed by atoms with Gasteiger partial charge in [-0.25, -0.2) is 4.68 Å². The minimum atomic E-state index is -0.204. The van der Waals surface area contributed by atoms with Crippen molar-refractivity contribution in [1.82, 2.24) is 14.7 Å². The van der Waals surface area contributed by atoms with Crippen molar-refractivity contribution >= 4 is 23.3 Å². The smallest absolute Gasteiger partial charge is 0.258 e. The SMILES string of the molecule is CC(C)=CCC[C@H](C)CN1CCC(n2nccc2NC(=O)c2ccccc2Cl)CC1. The van der Waals surface area contributed by atoms with Crippen molar-refractivity contribution in [2.75, 3.05) is 25.0 Å². The van der Waals surface area contributed by atoms with Gasteiger partial charge in [-0.15, -0.1) is 0 Å². The van der Waals surface area contributed by atoms with Crippen molar-refractivity contribution in [3.8, 4) is 0 Å². The van der Waals surface area contributed by atoms with Gasteiger partial charge in [0.25, 0.3) is 5.91 Å². The summed E-state index contributed by atoms with van der Waals surface area (Å²) in [6.07, 6.45) is 8.57.